The number of ether oxygens (including phenoxy) is 1. The molecule has 0 aliphatic carbocycles. The Bertz CT molecular complexity index is 395. The minimum atomic E-state index is -0.531. The predicted molar refractivity (Wildman–Crippen MR) is 65.3 cm³/mol. The van der Waals surface area contributed by atoms with E-state index in [2.05, 4.69) is 0 Å². The fourth-order valence-corrected chi connectivity index (χ4v) is 1.53. The quantitative estimate of drug-likeness (QED) is 0.649. The fraction of sp³-hybridized carbons (Fsp3) is 0.462. The average Bonchev–Trinajstić information content (AvgIpc) is 2.25. The van der Waals surface area contributed by atoms with Crippen molar-refractivity contribution in [1.82, 2.24) is 0 Å². The van der Waals surface area contributed by atoms with E-state index in [1.165, 1.54) is 6.07 Å². The van der Waals surface area contributed by atoms with Gasteiger partial charge in [0.05, 0.1) is 11.7 Å². The predicted octanol–water partition coefficient (Wildman–Crippen LogP) is 3.06. The van der Waals surface area contributed by atoms with Gasteiger partial charge in [-0.25, -0.2) is 9.18 Å². The monoisotopic (exact) mass is 239 g/mol. The van der Waals surface area contributed by atoms with Crippen LogP contribution >= 0.6 is 0 Å². The van der Waals surface area contributed by atoms with E-state index < -0.39 is 11.8 Å². The van der Waals surface area contributed by atoms with Crippen molar-refractivity contribution in [2.45, 2.75) is 39.7 Å². The van der Waals surface area contributed by atoms with E-state index in [1.807, 2.05) is 13.8 Å². The number of halogens is 1. The summed E-state index contributed by atoms with van der Waals surface area (Å²) >= 11 is 0. The molecule has 0 saturated heterocycles. The normalized spacial score (nSPS) is 12.2. The molecule has 17 heavy (non-hydrogen) atoms. The van der Waals surface area contributed by atoms with Gasteiger partial charge in [-0.2, -0.15) is 0 Å². The highest BCUT2D eigenvalue weighted by Gasteiger charge is 2.14. The first-order valence-corrected chi connectivity index (χ1v) is 5.72. The fourth-order valence-electron chi connectivity index (χ4n) is 1.53. The molecule has 0 spiro atoms. The van der Waals surface area contributed by atoms with Crippen molar-refractivity contribution in [3.63, 3.8) is 0 Å². The van der Waals surface area contributed by atoms with E-state index in [9.17, 15) is 9.18 Å². The van der Waals surface area contributed by atoms with Crippen LogP contribution in [0.2, 0.25) is 0 Å². The molecule has 0 aliphatic rings. The molecule has 94 valence electrons. The molecule has 0 fully saturated rings. The van der Waals surface area contributed by atoms with Crippen molar-refractivity contribution < 1.29 is 13.9 Å². The zero-order chi connectivity index (χ0) is 13.0. The van der Waals surface area contributed by atoms with E-state index >= 15 is 0 Å². The lowest BCUT2D eigenvalue weighted by molar-refractivity contribution is 0.0323. The van der Waals surface area contributed by atoms with Crippen molar-refractivity contribution in [2.75, 3.05) is 5.73 Å². The van der Waals surface area contributed by atoms with Crippen LogP contribution in [0.4, 0.5) is 10.1 Å². The van der Waals surface area contributed by atoms with Crippen LogP contribution in [0.25, 0.3) is 0 Å². The standard InChI is InChI=1S/C13H18FNO2/c1-4-5-8(2)17-13(16)10-6-11(14)9(3)12(15)7-10/h6-8H,4-5,15H2,1-3H3. The molecule has 0 heterocycles. The summed E-state index contributed by atoms with van der Waals surface area (Å²) < 4.78 is 18.6. The summed E-state index contributed by atoms with van der Waals surface area (Å²) in [6.07, 6.45) is 1.55. The van der Waals surface area contributed by atoms with E-state index in [4.69, 9.17) is 10.5 Å². The van der Waals surface area contributed by atoms with Gasteiger partial charge >= 0.3 is 5.97 Å². The van der Waals surface area contributed by atoms with Gasteiger partial charge in [0.15, 0.2) is 0 Å². The van der Waals surface area contributed by atoms with Crippen LogP contribution < -0.4 is 5.73 Å². The molecular formula is C13H18FNO2. The van der Waals surface area contributed by atoms with E-state index in [0.29, 0.717) is 5.56 Å². The number of nitrogens with two attached hydrogens (primary N) is 1. The second-order valence-corrected chi connectivity index (χ2v) is 4.18. The topological polar surface area (TPSA) is 52.3 Å². The Hall–Kier alpha value is -1.58. The molecule has 0 amide bonds. The molecule has 1 aromatic carbocycles. The first-order valence-electron chi connectivity index (χ1n) is 5.72. The van der Waals surface area contributed by atoms with Crippen molar-refractivity contribution in [3.8, 4) is 0 Å². The van der Waals surface area contributed by atoms with Gasteiger partial charge in [-0.05, 0) is 32.4 Å². The Balaban J connectivity index is 2.83. The molecule has 0 radical (unpaired) electrons. The van der Waals surface area contributed by atoms with Crippen LogP contribution in [0, 0.1) is 12.7 Å². The summed E-state index contributed by atoms with van der Waals surface area (Å²) in [5.41, 5.74) is 6.38. The van der Waals surface area contributed by atoms with Gasteiger partial charge in [0.25, 0.3) is 0 Å². The minimum Gasteiger partial charge on any atom is -0.459 e. The Morgan fingerprint density at radius 2 is 2.18 bits per heavy atom. The van der Waals surface area contributed by atoms with Crippen LogP contribution in [-0.2, 0) is 4.74 Å². The molecule has 1 rings (SSSR count). The molecule has 0 aliphatic heterocycles. The number of carbonyl (C=O) groups excluding carboxylic acids is 1. The summed E-state index contributed by atoms with van der Waals surface area (Å²) in [7, 11) is 0. The average molecular weight is 239 g/mol. The van der Waals surface area contributed by atoms with Crippen LogP contribution in [0.1, 0.15) is 42.6 Å². The molecule has 4 heteroatoms. The third-order valence-corrected chi connectivity index (χ3v) is 2.62. The van der Waals surface area contributed by atoms with Gasteiger partial charge in [0, 0.05) is 11.3 Å². The van der Waals surface area contributed by atoms with Crippen LogP contribution in [0.15, 0.2) is 12.1 Å². The lowest BCUT2D eigenvalue weighted by Crippen LogP contribution is -2.15. The summed E-state index contributed by atoms with van der Waals surface area (Å²) in [5, 5.41) is 0. The lowest BCUT2D eigenvalue weighted by Gasteiger charge is -2.13. The Morgan fingerprint density at radius 3 is 2.71 bits per heavy atom. The van der Waals surface area contributed by atoms with Crippen molar-refractivity contribution in [3.05, 3.63) is 29.1 Å². The number of anilines is 1. The summed E-state index contributed by atoms with van der Waals surface area (Å²) in [6.45, 7) is 5.39. The Morgan fingerprint density at radius 1 is 1.53 bits per heavy atom. The van der Waals surface area contributed by atoms with Crippen LogP contribution in [0.5, 0.6) is 0 Å². The zero-order valence-electron chi connectivity index (χ0n) is 10.4. The number of rotatable bonds is 4. The Labute approximate surface area is 101 Å². The molecule has 1 unspecified atom stereocenters. The van der Waals surface area contributed by atoms with E-state index in [-0.39, 0.29) is 17.4 Å². The van der Waals surface area contributed by atoms with Crippen molar-refractivity contribution in [1.29, 1.82) is 0 Å². The third-order valence-electron chi connectivity index (χ3n) is 2.62. The van der Waals surface area contributed by atoms with Gasteiger partial charge in [0.1, 0.15) is 5.82 Å². The summed E-state index contributed by atoms with van der Waals surface area (Å²) in [4.78, 5) is 11.7. The highest BCUT2D eigenvalue weighted by Crippen LogP contribution is 2.18. The highest BCUT2D eigenvalue weighted by molar-refractivity contribution is 5.90. The summed E-state index contributed by atoms with van der Waals surface area (Å²) in [5.74, 6) is -1.02. The largest absolute Gasteiger partial charge is 0.459 e. The van der Waals surface area contributed by atoms with E-state index in [1.54, 1.807) is 6.92 Å². The highest BCUT2D eigenvalue weighted by atomic mass is 19.1. The molecule has 0 aromatic heterocycles. The number of esters is 1. The molecule has 0 saturated carbocycles. The van der Waals surface area contributed by atoms with Gasteiger partial charge < -0.3 is 10.5 Å². The summed E-state index contributed by atoms with van der Waals surface area (Å²) in [6, 6.07) is 2.60. The molecule has 0 bridgehead atoms. The maximum atomic E-state index is 13.4. The number of nitrogen functional groups attached to an aromatic ring is 1. The number of hydrogen-bond acceptors (Lipinski definition) is 3. The number of carbonyl (C=O) groups is 1. The van der Waals surface area contributed by atoms with Gasteiger partial charge in [-0.3, -0.25) is 0 Å². The van der Waals surface area contributed by atoms with Crippen molar-refractivity contribution >= 4 is 11.7 Å². The first-order chi connectivity index (χ1) is 7.95. The van der Waals surface area contributed by atoms with Crippen molar-refractivity contribution in [2.24, 2.45) is 0 Å². The molecule has 3 nitrogen and oxygen atoms in total. The SMILES string of the molecule is CCCC(C)OC(=O)c1cc(N)c(C)c(F)c1. The minimum absolute atomic E-state index is 0.161. The number of benzene rings is 1. The van der Waals surface area contributed by atoms with Gasteiger partial charge in [-0.1, -0.05) is 13.3 Å². The number of hydrogen-bond donors (Lipinski definition) is 1. The first kappa shape index (κ1) is 13.5. The molecule has 1 atom stereocenters. The molecular weight excluding hydrogens is 221 g/mol. The van der Waals surface area contributed by atoms with E-state index in [0.717, 1.165) is 18.9 Å². The maximum absolute atomic E-state index is 13.4. The van der Waals surface area contributed by atoms with Gasteiger partial charge in [-0.15, -0.1) is 0 Å². The second kappa shape index (κ2) is 5.66. The maximum Gasteiger partial charge on any atom is 0.338 e. The van der Waals surface area contributed by atoms with Gasteiger partial charge in [0.2, 0.25) is 0 Å². The smallest absolute Gasteiger partial charge is 0.338 e. The zero-order valence-corrected chi connectivity index (χ0v) is 10.4. The molecule has 1 aromatic rings. The van der Waals surface area contributed by atoms with Crippen LogP contribution in [0.3, 0.4) is 0 Å². The Kier molecular flexibility index (Phi) is 4.49. The third kappa shape index (κ3) is 3.44. The lowest BCUT2D eigenvalue weighted by atomic mass is 10.1. The molecule has 2 N–H and O–H groups in total. The second-order valence-electron chi connectivity index (χ2n) is 4.18. The van der Waals surface area contributed by atoms with Crippen LogP contribution in [-0.4, -0.2) is 12.1 Å².